The van der Waals surface area contributed by atoms with Gasteiger partial charge in [-0.25, -0.2) is 0 Å². The Morgan fingerprint density at radius 1 is 1.10 bits per heavy atom. The summed E-state index contributed by atoms with van der Waals surface area (Å²) >= 11 is 0. The van der Waals surface area contributed by atoms with Gasteiger partial charge in [0.25, 0.3) is 0 Å². The fraction of sp³-hybridized carbons (Fsp3) is 0.375. The summed E-state index contributed by atoms with van der Waals surface area (Å²) in [7, 11) is 1.65. The van der Waals surface area contributed by atoms with E-state index in [-0.39, 0.29) is 17.8 Å². The Bertz CT molecular complexity index is 1100. The first-order valence-corrected chi connectivity index (χ1v) is 10.5. The van der Waals surface area contributed by atoms with E-state index in [1.807, 2.05) is 48.2 Å². The zero-order chi connectivity index (χ0) is 21.8. The predicted molar refractivity (Wildman–Crippen MR) is 121 cm³/mol. The maximum Gasteiger partial charge on any atom is 0.243 e. The van der Waals surface area contributed by atoms with E-state index in [1.165, 1.54) is 0 Å². The molecular weight excluding hydrogens is 396 g/mol. The average molecular weight is 424 g/mol. The molecule has 1 fully saturated rings. The molecule has 0 saturated carbocycles. The van der Waals surface area contributed by atoms with E-state index in [4.69, 9.17) is 24.4 Å². The molecule has 164 valence electrons. The van der Waals surface area contributed by atoms with E-state index in [0.29, 0.717) is 49.7 Å². The molecule has 0 unspecified atom stereocenters. The fourth-order valence-electron chi connectivity index (χ4n) is 3.82. The fourth-order valence-corrected chi connectivity index (χ4v) is 3.82. The van der Waals surface area contributed by atoms with Crippen LogP contribution in [0.25, 0.3) is 11.0 Å². The van der Waals surface area contributed by atoms with Crippen LogP contribution >= 0.6 is 0 Å². The molecule has 1 aliphatic heterocycles. The first-order chi connectivity index (χ1) is 15.1. The van der Waals surface area contributed by atoms with Gasteiger partial charge in [0.1, 0.15) is 17.9 Å². The van der Waals surface area contributed by atoms with Crippen LogP contribution in [0.15, 0.2) is 45.6 Å². The van der Waals surface area contributed by atoms with Crippen molar-refractivity contribution in [1.82, 2.24) is 0 Å². The lowest BCUT2D eigenvalue weighted by Gasteiger charge is -2.28. The second kappa shape index (κ2) is 9.41. The number of ether oxygens (including phenoxy) is 3. The summed E-state index contributed by atoms with van der Waals surface area (Å²) in [5.41, 5.74) is 9.23. The van der Waals surface area contributed by atoms with Crippen LogP contribution < -0.4 is 25.5 Å². The van der Waals surface area contributed by atoms with Gasteiger partial charge in [0, 0.05) is 19.6 Å². The van der Waals surface area contributed by atoms with Crippen molar-refractivity contribution in [3.05, 3.63) is 63.3 Å². The third-order valence-electron chi connectivity index (χ3n) is 5.58. The molecule has 0 aliphatic carbocycles. The highest BCUT2D eigenvalue weighted by molar-refractivity contribution is 5.84. The highest BCUT2D eigenvalue weighted by Crippen LogP contribution is 2.33. The molecule has 0 radical (unpaired) electrons. The maximum absolute atomic E-state index is 13.3. The van der Waals surface area contributed by atoms with Gasteiger partial charge < -0.3 is 29.3 Å². The second-order valence-corrected chi connectivity index (χ2v) is 7.55. The van der Waals surface area contributed by atoms with Gasteiger partial charge in [0.15, 0.2) is 0 Å². The monoisotopic (exact) mass is 424 g/mol. The van der Waals surface area contributed by atoms with E-state index < -0.39 is 0 Å². The van der Waals surface area contributed by atoms with E-state index in [0.717, 1.165) is 28.9 Å². The van der Waals surface area contributed by atoms with Gasteiger partial charge in [-0.1, -0.05) is 18.2 Å². The molecule has 1 aliphatic rings. The van der Waals surface area contributed by atoms with Crippen molar-refractivity contribution >= 4 is 16.9 Å². The van der Waals surface area contributed by atoms with Gasteiger partial charge in [0.2, 0.25) is 17.1 Å². The summed E-state index contributed by atoms with van der Waals surface area (Å²) in [4.78, 5) is 15.3. The zero-order valence-electron chi connectivity index (χ0n) is 18.0. The molecule has 1 saturated heterocycles. The van der Waals surface area contributed by atoms with Crippen LogP contribution in [0.4, 0.5) is 5.88 Å². The summed E-state index contributed by atoms with van der Waals surface area (Å²) in [6.45, 7) is 4.99. The van der Waals surface area contributed by atoms with Crippen LogP contribution in [0, 0.1) is 6.92 Å². The highest BCUT2D eigenvalue weighted by atomic mass is 16.5. The summed E-state index contributed by atoms with van der Waals surface area (Å²) < 4.78 is 22.8. The summed E-state index contributed by atoms with van der Waals surface area (Å²) in [5.74, 6) is 1.51. The summed E-state index contributed by atoms with van der Waals surface area (Å²) in [6.07, 6.45) is 0.730. The van der Waals surface area contributed by atoms with Gasteiger partial charge in [-0.3, -0.25) is 4.79 Å². The minimum Gasteiger partial charge on any atom is -0.497 e. The van der Waals surface area contributed by atoms with Gasteiger partial charge in [-0.15, -0.1) is 0 Å². The smallest absolute Gasteiger partial charge is 0.243 e. The first-order valence-electron chi connectivity index (χ1n) is 10.5. The van der Waals surface area contributed by atoms with E-state index >= 15 is 0 Å². The van der Waals surface area contributed by atoms with Crippen LogP contribution in [0.3, 0.4) is 0 Å². The molecule has 7 nitrogen and oxygen atoms in total. The lowest BCUT2D eigenvalue weighted by molar-refractivity contribution is 0.120. The van der Waals surface area contributed by atoms with Crippen molar-refractivity contribution in [2.75, 3.05) is 51.5 Å². The van der Waals surface area contributed by atoms with Crippen LogP contribution in [-0.2, 0) is 11.2 Å². The average Bonchev–Trinajstić information content (AvgIpc) is 2.81. The topological polar surface area (TPSA) is 87.2 Å². The van der Waals surface area contributed by atoms with Gasteiger partial charge in [-0.05, 0) is 48.2 Å². The summed E-state index contributed by atoms with van der Waals surface area (Å²) in [5, 5.41) is 0.514. The molecule has 0 spiro atoms. The molecule has 4 rings (SSSR count). The third kappa shape index (κ3) is 4.38. The number of fused-ring (bicyclic) bond motifs is 1. The van der Waals surface area contributed by atoms with Crippen LogP contribution in [0.5, 0.6) is 11.5 Å². The Kier molecular flexibility index (Phi) is 6.44. The Balaban J connectivity index is 1.78. The number of aryl methyl sites for hydroxylation is 1. The molecule has 0 atom stereocenters. The number of nitrogens with zero attached hydrogens (tertiary/aromatic N) is 1. The van der Waals surface area contributed by atoms with E-state index in [2.05, 4.69) is 0 Å². The number of morpholine rings is 1. The SMILES string of the molecule is COc1ccc(Cc2ccc3c(=O)c(OCCN)c(N4CCOCC4)oc3c2C)cc1. The van der Waals surface area contributed by atoms with Crippen molar-refractivity contribution in [2.45, 2.75) is 13.3 Å². The maximum atomic E-state index is 13.3. The number of anilines is 1. The molecule has 0 bridgehead atoms. The van der Waals surface area contributed by atoms with Crippen molar-refractivity contribution < 1.29 is 18.6 Å². The lowest BCUT2D eigenvalue weighted by atomic mass is 9.98. The van der Waals surface area contributed by atoms with Crippen molar-refractivity contribution in [3.8, 4) is 11.5 Å². The van der Waals surface area contributed by atoms with E-state index in [1.54, 1.807) is 7.11 Å². The molecular formula is C24H28N2O5. The highest BCUT2D eigenvalue weighted by Gasteiger charge is 2.24. The van der Waals surface area contributed by atoms with Gasteiger partial charge >= 0.3 is 0 Å². The predicted octanol–water partition coefficient (Wildman–Crippen LogP) is 2.87. The number of hydrogen-bond donors (Lipinski definition) is 1. The number of methoxy groups -OCH3 is 1. The second-order valence-electron chi connectivity index (χ2n) is 7.55. The molecule has 31 heavy (non-hydrogen) atoms. The lowest BCUT2D eigenvalue weighted by Crippen LogP contribution is -2.37. The number of hydrogen-bond acceptors (Lipinski definition) is 7. The number of rotatable bonds is 7. The van der Waals surface area contributed by atoms with Crippen molar-refractivity contribution in [2.24, 2.45) is 5.73 Å². The minimum absolute atomic E-state index is 0.171. The van der Waals surface area contributed by atoms with Gasteiger partial charge in [-0.2, -0.15) is 0 Å². The van der Waals surface area contributed by atoms with Crippen LogP contribution in [-0.4, -0.2) is 46.6 Å². The number of nitrogens with two attached hydrogens (primary N) is 1. The summed E-state index contributed by atoms with van der Waals surface area (Å²) in [6, 6.07) is 11.8. The minimum atomic E-state index is -0.171. The standard InChI is InChI=1S/C24H28N2O5/c1-16-18(15-17-3-6-19(28-2)7-4-17)5-8-20-21(27)23(30-12-9-25)24(31-22(16)20)26-10-13-29-14-11-26/h3-8H,9-15,25H2,1-2H3. The Labute approximate surface area is 181 Å². The normalized spacial score (nSPS) is 14.1. The Morgan fingerprint density at radius 2 is 1.84 bits per heavy atom. The first kappa shape index (κ1) is 21.2. The molecule has 2 aromatic carbocycles. The van der Waals surface area contributed by atoms with Gasteiger partial charge in [0.05, 0.1) is 25.7 Å². The van der Waals surface area contributed by atoms with Crippen LogP contribution in [0.1, 0.15) is 16.7 Å². The molecule has 2 N–H and O–H groups in total. The zero-order valence-corrected chi connectivity index (χ0v) is 18.0. The molecule has 2 heterocycles. The quantitative estimate of drug-likeness (QED) is 0.624. The molecule has 1 aromatic heterocycles. The Hall–Kier alpha value is -3.03. The van der Waals surface area contributed by atoms with Crippen LogP contribution in [0.2, 0.25) is 0 Å². The molecule has 7 heteroatoms. The Morgan fingerprint density at radius 3 is 2.52 bits per heavy atom. The van der Waals surface area contributed by atoms with Crippen molar-refractivity contribution in [1.29, 1.82) is 0 Å². The van der Waals surface area contributed by atoms with E-state index in [9.17, 15) is 4.79 Å². The molecule has 3 aromatic rings. The molecule has 0 amide bonds. The number of benzene rings is 2. The third-order valence-corrected chi connectivity index (χ3v) is 5.58. The largest absolute Gasteiger partial charge is 0.497 e. The van der Waals surface area contributed by atoms with Crippen molar-refractivity contribution in [3.63, 3.8) is 0 Å².